The maximum atomic E-state index is 11.8. The third-order valence-electron chi connectivity index (χ3n) is 3.46. The molecular weight excluding hydrogens is 244 g/mol. The van der Waals surface area contributed by atoms with Gasteiger partial charge >= 0.3 is 6.03 Å². The average Bonchev–Trinajstić information content (AvgIpc) is 2.37. The summed E-state index contributed by atoms with van der Waals surface area (Å²) < 4.78 is 0. The van der Waals surface area contributed by atoms with Crippen molar-refractivity contribution < 1.29 is 9.59 Å². The Morgan fingerprint density at radius 2 is 1.95 bits per heavy atom. The van der Waals surface area contributed by atoms with E-state index in [0.717, 1.165) is 6.54 Å². The van der Waals surface area contributed by atoms with Gasteiger partial charge < -0.3 is 20.9 Å². The second kappa shape index (κ2) is 7.99. The Morgan fingerprint density at radius 3 is 2.58 bits per heavy atom. The molecule has 0 aromatic carbocycles. The summed E-state index contributed by atoms with van der Waals surface area (Å²) in [6.45, 7) is 4.11. The Kier molecular flexibility index (Phi) is 6.62. The number of nitrogens with zero attached hydrogens (tertiary/aromatic N) is 1. The summed E-state index contributed by atoms with van der Waals surface area (Å²) in [6.07, 6.45) is 2.89. The Morgan fingerprint density at radius 1 is 1.26 bits per heavy atom. The van der Waals surface area contributed by atoms with Crippen LogP contribution in [0.2, 0.25) is 0 Å². The zero-order valence-corrected chi connectivity index (χ0v) is 12.2. The molecule has 1 heterocycles. The van der Waals surface area contributed by atoms with Gasteiger partial charge in [0.1, 0.15) is 0 Å². The summed E-state index contributed by atoms with van der Waals surface area (Å²) in [5.74, 6) is 0.596. The molecule has 6 nitrogen and oxygen atoms in total. The smallest absolute Gasteiger partial charge is 0.316 e. The minimum absolute atomic E-state index is 0.0466. The number of rotatable bonds is 5. The molecule has 0 aromatic heterocycles. The SMILES string of the molecule is CC1CCCNC1CC(=O)NCCNC(=O)N(C)C. The summed E-state index contributed by atoms with van der Waals surface area (Å²) in [4.78, 5) is 24.5. The number of carbonyl (C=O) groups is 2. The van der Waals surface area contributed by atoms with E-state index < -0.39 is 0 Å². The lowest BCUT2D eigenvalue weighted by atomic mass is 9.90. The predicted molar refractivity (Wildman–Crippen MR) is 74.9 cm³/mol. The van der Waals surface area contributed by atoms with Crippen molar-refractivity contribution in [3.05, 3.63) is 0 Å². The average molecular weight is 270 g/mol. The van der Waals surface area contributed by atoms with Crippen molar-refractivity contribution in [2.45, 2.75) is 32.2 Å². The van der Waals surface area contributed by atoms with Crippen LogP contribution in [0.1, 0.15) is 26.2 Å². The van der Waals surface area contributed by atoms with E-state index in [0.29, 0.717) is 25.4 Å². The predicted octanol–water partition coefficient (Wildman–Crippen LogP) is 0.152. The minimum atomic E-state index is -0.142. The Bertz CT molecular complexity index is 307. The molecule has 0 spiro atoms. The van der Waals surface area contributed by atoms with Crippen LogP contribution in [0.5, 0.6) is 0 Å². The van der Waals surface area contributed by atoms with Crippen molar-refractivity contribution in [3.8, 4) is 0 Å². The maximum absolute atomic E-state index is 11.8. The molecule has 2 atom stereocenters. The van der Waals surface area contributed by atoms with Crippen LogP contribution in [0.25, 0.3) is 0 Å². The lowest BCUT2D eigenvalue weighted by molar-refractivity contribution is -0.121. The van der Waals surface area contributed by atoms with Gasteiger partial charge in [-0.3, -0.25) is 4.79 Å². The van der Waals surface area contributed by atoms with Crippen molar-refractivity contribution in [2.24, 2.45) is 5.92 Å². The Labute approximate surface area is 115 Å². The number of amides is 3. The highest BCUT2D eigenvalue weighted by molar-refractivity contribution is 5.77. The molecule has 0 saturated carbocycles. The van der Waals surface area contributed by atoms with Crippen LogP contribution in [-0.4, -0.2) is 56.6 Å². The van der Waals surface area contributed by atoms with Gasteiger partial charge in [0.05, 0.1) is 0 Å². The molecule has 1 aliphatic heterocycles. The summed E-state index contributed by atoms with van der Waals surface area (Å²) in [6, 6.07) is 0.141. The van der Waals surface area contributed by atoms with Crippen molar-refractivity contribution in [1.29, 1.82) is 0 Å². The highest BCUT2D eigenvalue weighted by Gasteiger charge is 2.22. The number of urea groups is 1. The number of carbonyl (C=O) groups excluding carboxylic acids is 2. The fourth-order valence-corrected chi connectivity index (χ4v) is 2.19. The lowest BCUT2D eigenvalue weighted by Gasteiger charge is -2.29. The van der Waals surface area contributed by atoms with Crippen molar-refractivity contribution in [1.82, 2.24) is 20.9 Å². The Balaban J connectivity index is 2.12. The van der Waals surface area contributed by atoms with E-state index in [1.54, 1.807) is 14.1 Å². The first-order chi connectivity index (χ1) is 9.00. The molecule has 2 unspecified atom stereocenters. The molecule has 3 amide bonds. The van der Waals surface area contributed by atoms with E-state index in [2.05, 4.69) is 22.9 Å². The first-order valence-electron chi connectivity index (χ1n) is 6.96. The van der Waals surface area contributed by atoms with Crippen molar-refractivity contribution >= 4 is 11.9 Å². The highest BCUT2D eigenvalue weighted by atomic mass is 16.2. The van der Waals surface area contributed by atoms with E-state index >= 15 is 0 Å². The zero-order chi connectivity index (χ0) is 14.3. The standard InChI is InChI=1S/C13H26N4O2/c1-10-5-4-6-14-11(10)9-12(18)15-7-8-16-13(19)17(2)3/h10-11,14H,4-9H2,1-3H3,(H,15,18)(H,16,19). The monoisotopic (exact) mass is 270 g/mol. The summed E-state index contributed by atoms with van der Waals surface area (Å²) in [5, 5.41) is 8.93. The number of piperidine rings is 1. The number of nitrogens with one attached hydrogen (secondary N) is 3. The third kappa shape index (κ3) is 5.92. The van der Waals surface area contributed by atoms with Gasteiger partial charge in [0.15, 0.2) is 0 Å². The van der Waals surface area contributed by atoms with E-state index in [1.807, 2.05) is 0 Å². The summed E-state index contributed by atoms with van der Waals surface area (Å²) in [7, 11) is 3.37. The molecule has 1 rings (SSSR count). The maximum Gasteiger partial charge on any atom is 0.316 e. The fraction of sp³-hybridized carbons (Fsp3) is 0.846. The van der Waals surface area contributed by atoms with Crippen molar-refractivity contribution in [2.75, 3.05) is 33.7 Å². The van der Waals surface area contributed by atoms with Gasteiger partial charge in [0.25, 0.3) is 0 Å². The van der Waals surface area contributed by atoms with Crippen LogP contribution in [-0.2, 0) is 4.79 Å². The second-order valence-corrected chi connectivity index (χ2v) is 5.36. The van der Waals surface area contributed by atoms with Gasteiger partial charge in [-0.15, -0.1) is 0 Å². The molecule has 1 saturated heterocycles. The summed E-state index contributed by atoms with van der Waals surface area (Å²) in [5.41, 5.74) is 0. The number of hydrogen-bond donors (Lipinski definition) is 3. The largest absolute Gasteiger partial charge is 0.354 e. The van der Waals surface area contributed by atoms with Gasteiger partial charge in [0, 0.05) is 39.6 Å². The molecule has 1 aliphatic rings. The van der Waals surface area contributed by atoms with Crippen LogP contribution in [0, 0.1) is 5.92 Å². The van der Waals surface area contributed by atoms with Crippen molar-refractivity contribution in [3.63, 3.8) is 0 Å². The second-order valence-electron chi connectivity index (χ2n) is 5.36. The van der Waals surface area contributed by atoms with Gasteiger partial charge in [-0.2, -0.15) is 0 Å². The first kappa shape index (κ1) is 15.8. The fourth-order valence-electron chi connectivity index (χ4n) is 2.19. The van der Waals surface area contributed by atoms with Gasteiger partial charge in [-0.25, -0.2) is 4.79 Å². The lowest BCUT2D eigenvalue weighted by Crippen LogP contribution is -2.45. The normalized spacial score (nSPS) is 22.7. The molecule has 6 heteroatoms. The number of hydrogen-bond acceptors (Lipinski definition) is 3. The molecule has 0 aliphatic carbocycles. The van der Waals surface area contributed by atoms with E-state index in [-0.39, 0.29) is 18.0 Å². The van der Waals surface area contributed by atoms with Crippen LogP contribution in [0.4, 0.5) is 4.79 Å². The van der Waals surface area contributed by atoms with Crippen LogP contribution in [0.3, 0.4) is 0 Å². The Hall–Kier alpha value is -1.30. The van der Waals surface area contributed by atoms with E-state index in [9.17, 15) is 9.59 Å². The van der Waals surface area contributed by atoms with Gasteiger partial charge in [0.2, 0.25) is 5.91 Å². The van der Waals surface area contributed by atoms with E-state index in [4.69, 9.17) is 0 Å². The molecule has 3 N–H and O–H groups in total. The third-order valence-corrected chi connectivity index (χ3v) is 3.46. The van der Waals surface area contributed by atoms with Crippen LogP contribution in [0.15, 0.2) is 0 Å². The molecule has 0 aromatic rings. The molecule has 0 radical (unpaired) electrons. The molecule has 110 valence electrons. The topological polar surface area (TPSA) is 73.5 Å². The van der Waals surface area contributed by atoms with Crippen LogP contribution < -0.4 is 16.0 Å². The zero-order valence-electron chi connectivity index (χ0n) is 12.2. The first-order valence-corrected chi connectivity index (χ1v) is 6.96. The van der Waals surface area contributed by atoms with Gasteiger partial charge in [-0.05, 0) is 25.3 Å². The quantitative estimate of drug-likeness (QED) is 0.623. The van der Waals surface area contributed by atoms with E-state index in [1.165, 1.54) is 17.7 Å². The van der Waals surface area contributed by atoms with Crippen LogP contribution >= 0.6 is 0 Å². The molecule has 1 fully saturated rings. The minimum Gasteiger partial charge on any atom is -0.354 e. The van der Waals surface area contributed by atoms with Gasteiger partial charge in [-0.1, -0.05) is 6.92 Å². The molecule has 0 bridgehead atoms. The molecular formula is C13H26N4O2. The molecule has 19 heavy (non-hydrogen) atoms. The highest BCUT2D eigenvalue weighted by Crippen LogP contribution is 2.17. The summed E-state index contributed by atoms with van der Waals surface area (Å²) >= 11 is 0.